The number of hydrogen-bond donors (Lipinski definition) is 1. The molecule has 0 saturated carbocycles. The van der Waals surface area contributed by atoms with Gasteiger partial charge >= 0.3 is 0 Å². The van der Waals surface area contributed by atoms with Gasteiger partial charge in [-0.2, -0.15) is 5.10 Å². The predicted molar refractivity (Wildman–Crippen MR) is 83.4 cm³/mol. The second-order valence-corrected chi connectivity index (χ2v) is 5.24. The molecule has 3 heterocycles. The molecular formula is C15H11ClN4O3. The molecule has 8 heteroatoms. The minimum atomic E-state index is -0.419. The minimum absolute atomic E-state index is 0.111. The van der Waals surface area contributed by atoms with Gasteiger partial charge in [0.05, 0.1) is 0 Å². The van der Waals surface area contributed by atoms with Crippen LogP contribution in [0.15, 0.2) is 36.7 Å². The van der Waals surface area contributed by atoms with Gasteiger partial charge in [0.25, 0.3) is 5.91 Å². The van der Waals surface area contributed by atoms with Crippen molar-refractivity contribution in [3.63, 3.8) is 0 Å². The predicted octanol–water partition coefficient (Wildman–Crippen LogP) is 2.41. The summed E-state index contributed by atoms with van der Waals surface area (Å²) in [5.74, 6) is 0.832. The summed E-state index contributed by atoms with van der Waals surface area (Å²) < 4.78 is 12.4. The number of ether oxygens (including phenoxy) is 2. The Morgan fingerprint density at radius 3 is 2.91 bits per heavy atom. The number of benzene rings is 1. The molecule has 4 rings (SSSR count). The van der Waals surface area contributed by atoms with Crippen LogP contribution in [0.3, 0.4) is 0 Å². The van der Waals surface area contributed by atoms with E-state index < -0.39 is 5.91 Å². The van der Waals surface area contributed by atoms with Crippen LogP contribution in [0.2, 0.25) is 5.02 Å². The summed E-state index contributed by atoms with van der Waals surface area (Å²) in [6, 6.07) is 6.89. The molecule has 116 valence electrons. The number of carbonyl (C=O) groups excluding carboxylic acids is 1. The Kier molecular flexibility index (Phi) is 3.27. The van der Waals surface area contributed by atoms with Crippen LogP contribution in [-0.4, -0.2) is 33.7 Å². The molecule has 1 N–H and O–H groups in total. The van der Waals surface area contributed by atoms with Crippen LogP contribution in [0, 0.1) is 0 Å². The maximum atomic E-state index is 12.4. The zero-order valence-electron chi connectivity index (χ0n) is 11.8. The maximum Gasteiger partial charge on any atom is 0.277 e. The average molecular weight is 331 g/mol. The summed E-state index contributed by atoms with van der Waals surface area (Å²) in [4.78, 5) is 16.5. The van der Waals surface area contributed by atoms with Gasteiger partial charge in [-0.3, -0.25) is 4.79 Å². The van der Waals surface area contributed by atoms with Crippen LogP contribution in [0.5, 0.6) is 11.5 Å². The fraction of sp³-hybridized carbons (Fsp3) is 0.133. The third kappa shape index (κ3) is 2.44. The Labute approximate surface area is 135 Å². The lowest BCUT2D eigenvalue weighted by molar-refractivity contribution is 0.102. The monoisotopic (exact) mass is 330 g/mol. The zero-order chi connectivity index (χ0) is 15.8. The van der Waals surface area contributed by atoms with Gasteiger partial charge in [0, 0.05) is 24.1 Å². The molecule has 23 heavy (non-hydrogen) atoms. The van der Waals surface area contributed by atoms with Gasteiger partial charge in [-0.1, -0.05) is 11.6 Å². The zero-order valence-corrected chi connectivity index (χ0v) is 12.6. The number of aromatic nitrogens is 3. The third-order valence-electron chi connectivity index (χ3n) is 3.35. The number of carbonyl (C=O) groups is 1. The normalized spacial score (nSPS) is 13.1. The van der Waals surface area contributed by atoms with Crippen molar-refractivity contribution in [1.82, 2.24) is 14.6 Å². The Hall–Kier alpha value is -2.80. The summed E-state index contributed by atoms with van der Waals surface area (Å²) >= 11 is 6.18. The van der Waals surface area contributed by atoms with Crippen molar-refractivity contribution >= 4 is 28.8 Å². The molecular weight excluding hydrogens is 320 g/mol. The van der Waals surface area contributed by atoms with Crippen LogP contribution >= 0.6 is 11.6 Å². The van der Waals surface area contributed by atoms with Gasteiger partial charge in [-0.15, -0.1) is 0 Å². The van der Waals surface area contributed by atoms with E-state index in [1.54, 1.807) is 36.7 Å². The lowest BCUT2D eigenvalue weighted by atomic mass is 10.2. The van der Waals surface area contributed by atoms with Crippen LogP contribution in [0.25, 0.3) is 5.65 Å². The lowest BCUT2D eigenvalue weighted by Gasteiger charge is -2.18. The number of nitrogens with one attached hydrogen (secondary N) is 1. The Morgan fingerprint density at radius 1 is 1.26 bits per heavy atom. The highest BCUT2D eigenvalue weighted by Gasteiger charge is 2.20. The van der Waals surface area contributed by atoms with Gasteiger partial charge in [0.15, 0.2) is 22.8 Å². The van der Waals surface area contributed by atoms with Crippen molar-refractivity contribution in [3.8, 4) is 11.5 Å². The summed E-state index contributed by atoms with van der Waals surface area (Å²) in [7, 11) is 0. The molecule has 0 bridgehead atoms. The van der Waals surface area contributed by atoms with Crippen molar-refractivity contribution in [2.45, 2.75) is 0 Å². The number of hydrogen-bond acceptors (Lipinski definition) is 5. The minimum Gasteiger partial charge on any atom is -0.486 e. The van der Waals surface area contributed by atoms with E-state index in [9.17, 15) is 4.79 Å². The Morgan fingerprint density at radius 2 is 2.09 bits per heavy atom. The molecule has 0 atom stereocenters. The topological polar surface area (TPSA) is 77.8 Å². The van der Waals surface area contributed by atoms with Crippen molar-refractivity contribution in [2.75, 3.05) is 18.5 Å². The molecule has 0 unspecified atom stereocenters. The van der Waals surface area contributed by atoms with Crippen LogP contribution < -0.4 is 14.8 Å². The quantitative estimate of drug-likeness (QED) is 0.780. The van der Waals surface area contributed by atoms with Gasteiger partial charge < -0.3 is 14.8 Å². The fourth-order valence-corrected chi connectivity index (χ4v) is 2.57. The number of anilines is 1. The van der Waals surface area contributed by atoms with Crippen LogP contribution in [0.1, 0.15) is 10.5 Å². The van der Waals surface area contributed by atoms with E-state index in [0.717, 1.165) is 0 Å². The molecule has 0 aliphatic carbocycles. The van der Waals surface area contributed by atoms with Crippen LogP contribution in [-0.2, 0) is 0 Å². The fourth-order valence-electron chi connectivity index (χ4n) is 2.32. The molecule has 0 saturated heterocycles. The first-order valence-electron chi connectivity index (χ1n) is 6.92. The molecule has 0 fully saturated rings. The summed E-state index contributed by atoms with van der Waals surface area (Å²) in [5, 5.41) is 7.11. The standard InChI is InChI=1S/C15H11ClN4O3/c16-12-13(19-20-5-1-4-17-14(12)20)15(21)18-9-2-3-10-11(8-9)23-7-6-22-10/h1-5,8H,6-7H2,(H,18,21). The third-order valence-corrected chi connectivity index (χ3v) is 3.70. The van der Waals surface area contributed by atoms with E-state index in [1.165, 1.54) is 4.52 Å². The second-order valence-electron chi connectivity index (χ2n) is 4.86. The molecule has 7 nitrogen and oxygen atoms in total. The largest absolute Gasteiger partial charge is 0.486 e. The van der Waals surface area contributed by atoms with E-state index in [0.29, 0.717) is 36.0 Å². The summed E-state index contributed by atoms with van der Waals surface area (Å²) in [6.07, 6.45) is 3.26. The van der Waals surface area contributed by atoms with E-state index in [2.05, 4.69) is 15.4 Å². The maximum absolute atomic E-state index is 12.4. The molecule has 2 aromatic heterocycles. The smallest absolute Gasteiger partial charge is 0.277 e. The van der Waals surface area contributed by atoms with E-state index >= 15 is 0 Å². The molecule has 1 aliphatic heterocycles. The summed E-state index contributed by atoms with van der Waals surface area (Å²) in [6.45, 7) is 0.997. The molecule has 0 radical (unpaired) electrons. The van der Waals surface area contributed by atoms with Crippen LogP contribution in [0.4, 0.5) is 5.69 Å². The van der Waals surface area contributed by atoms with E-state index in [-0.39, 0.29) is 10.7 Å². The van der Waals surface area contributed by atoms with Gasteiger partial charge in [0.2, 0.25) is 0 Å². The highest BCUT2D eigenvalue weighted by Crippen LogP contribution is 2.33. The van der Waals surface area contributed by atoms with E-state index in [4.69, 9.17) is 21.1 Å². The highest BCUT2D eigenvalue weighted by atomic mass is 35.5. The first kappa shape index (κ1) is 13.8. The number of fused-ring (bicyclic) bond motifs is 2. The molecule has 1 aliphatic rings. The summed E-state index contributed by atoms with van der Waals surface area (Å²) in [5.41, 5.74) is 1.11. The first-order chi connectivity index (χ1) is 11.2. The van der Waals surface area contributed by atoms with Crippen molar-refractivity contribution in [1.29, 1.82) is 0 Å². The van der Waals surface area contributed by atoms with Crippen molar-refractivity contribution in [3.05, 3.63) is 47.4 Å². The molecule has 0 spiro atoms. The number of rotatable bonds is 2. The molecule has 1 amide bonds. The van der Waals surface area contributed by atoms with Crippen molar-refractivity contribution in [2.24, 2.45) is 0 Å². The van der Waals surface area contributed by atoms with Gasteiger partial charge in [-0.05, 0) is 18.2 Å². The van der Waals surface area contributed by atoms with Gasteiger partial charge in [0.1, 0.15) is 18.2 Å². The van der Waals surface area contributed by atoms with Crippen molar-refractivity contribution < 1.29 is 14.3 Å². The lowest BCUT2D eigenvalue weighted by Crippen LogP contribution is -2.16. The average Bonchev–Trinajstić information content (AvgIpc) is 2.92. The highest BCUT2D eigenvalue weighted by molar-refractivity contribution is 6.37. The Bertz CT molecular complexity index is 909. The SMILES string of the molecule is O=C(Nc1ccc2c(c1)OCCO2)c1nn2cccnc2c1Cl. The van der Waals surface area contributed by atoms with Gasteiger partial charge in [-0.25, -0.2) is 9.50 Å². The molecule has 3 aromatic rings. The second kappa shape index (κ2) is 5.44. The number of halogens is 1. The number of nitrogens with zero attached hydrogens (tertiary/aromatic N) is 3. The van der Waals surface area contributed by atoms with E-state index in [1.807, 2.05) is 0 Å². The molecule has 1 aromatic carbocycles. The Balaban J connectivity index is 1.63. The number of amides is 1. The first-order valence-corrected chi connectivity index (χ1v) is 7.30.